The summed E-state index contributed by atoms with van der Waals surface area (Å²) in [6.45, 7) is 5.61. The Labute approximate surface area is 145 Å². The third-order valence-corrected chi connectivity index (χ3v) is 4.29. The smallest absolute Gasteiger partial charge is 0.409 e. The van der Waals surface area contributed by atoms with E-state index in [2.05, 4.69) is 4.98 Å². The van der Waals surface area contributed by atoms with Crippen LogP contribution in [0.1, 0.15) is 23.0 Å². The molecular weight excluding hydrogens is 325 g/mol. The summed E-state index contributed by atoms with van der Waals surface area (Å²) in [6, 6.07) is 6.07. The van der Waals surface area contributed by atoms with Crippen LogP contribution in [-0.2, 0) is 4.74 Å². The third-order valence-electron chi connectivity index (χ3n) is 4.29. The first-order valence-electron chi connectivity index (χ1n) is 8.27. The minimum Gasteiger partial charge on any atom is -0.450 e. The Morgan fingerprint density at radius 3 is 2.52 bits per heavy atom. The van der Waals surface area contributed by atoms with Crippen molar-refractivity contribution in [2.24, 2.45) is 0 Å². The highest BCUT2D eigenvalue weighted by Gasteiger charge is 2.26. The zero-order chi connectivity index (χ0) is 18.0. The molecule has 2 aromatic rings. The predicted molar refractivity (Wildman–Crippen MR) is 90.9 cm³/mol. The van der Waals surface area contributed by atoms with E-state index >= 15 is 0 Å². The van der Waals surface area contributed by atoms with Gasteiger partial charge in [-0.25, -0.2) is 9.18 Å². The molecule has 1 aliphatic heterocycles. The van der Waals surface area contributed by atoms with Crippen LogP contribution in [0.2, 0.25) is 0 Å². The van der Waals surface area contributed by atoms with E-state index in [1.165, 1.54) is 12.1 Å². The number of pyridine rings is 1. The summed E-state index contributed by atoms with van der Waals surface area (Å²) in [5.74, 6) is -0.478. The lowest BCUT2D eigenvalue weighted by Gasteiger charge is -2.34. The molecule has 1 fully saturated rings. The number of amides is 2. The predicted octanol–water partition coefficient (Wildman–Crippen LogP) is 2.60. The van der Waals surface area contributed by atoms with Crippen LogP contribution in [0.3, 0.4) is 0 Å². The van der Waals surface area contributed by atoms with Gasteiger partial charge in [-0.05, 0) is 32.0 Å². The van der Waals surface area contributed by atoms with Crippen molar-refractivity contribution in [3.8, 4) is 0 Å². The summed E-state index contributed by atoms with van der Waals surface area (Å²) < 4.78 is 18.3. The van der Waals surface area contributed by atoms with E-state index in [1.54, 1.807) is 35.8 Å². The van der Waals surface area contributed by atoms with Crippen LogP contribution in [0.5, 0.6) is 0 Å². The number of nitrogens with zero attached hydrogens (tertiary/aromatic N) is 3. The molecule has 0 saturated carbocycles. The molecule has 0 unspecified atom stereocenters. The normalized spacial score (nSPS) is 14.7. The average Bonchev–Trinajstić information content (AvgIpc) is 2.61. The lowest BCUT2D eigenvalue weighted by Crippen LogP contribution is -2.50. The largest absolute Gasteiger partial charge is 0.450 e. The summed E-state index contributed by atoms with van der Waals surface area (Å²) >= 11 is 0. The summed E-state index contributed by atoms with van der Waals surface area (Å²) in [5.41, 5.74) is 1.60. The molecule has 1 aromatic carbocycles. The summed E-state index contributed by atoms with van der Waals surface area (Å²) in [6.07, 6.45) is -0.347. The number of ether oxygens (including phenoxy) is 1. The Hall–Kier alpha value is -2.70. The Morgan fingerprint density at radius 1 is 1.16 bits per heavy atom. The van der Waals surface area contributed by atoms with Gasteiger partial charge in [-0.1, -0.05) is 0 Å². The monoisotopic (exact) mass is 345 g/mol. The quantitative estimate of drug-likeness (QED) is 0.839. The number of hydrogen-bond acceptors (Lipinski definition) is 4. The van der Waals surface area contributed by atoms with E-state index in [0.29, 0.717) is 49.6 Å². The maximum absolute atomic E-state index is 13.3. The van der Waals surface area contributed by atoms with Gasteiger partial charge in [0.1, 0.15) is 5.82 Å². The van der Waals surface area contributed by atoms with Crippen molar-refractivity contribution in [1.82, 2.24) is 14.8 Å². The first-order valence-corrected chi connectivity index (χ1v) is 8.27. The standard InChI is InChI=1S/C18H20FN3O3/c1-3-25-18(24)22-8-6-21(7-9-22)17(23)15-10-13-4-5-14(19)11-16(13)20-12(15)2/h4-5,10-11H,3,6-9H2,1-2H3. The minimum absolute atomic E-state index is 0.125. The Kier molecular flexibility index (Phi) is 4.83. The Morgan fingerprint density at radius 2 is 1.84 bits per heavy atom. The second kappa shape index (κ2) is 7.04. The SMILES string of the molecule is CCOC(=O)N1CCN(C(=O)c2cc3ccc(F)cc3nc2C)CC1. The van der Waals surface area contributed by atoms with Crippen LogP contribution in [0, 0.1) is 12.7 Å². The van der Waals surface area contributed by atoms with Crippen LogP contribution in [0.25, 0.3) is 10.9 Å². The number of halogens is 1. The molecule has 0 radical (unpaired) electrons. The van der Waals surface area contributed by atoms with Crippen molar-refractivity contribution in [3.05, 3.63) is 41.3 Å². The van der Waals surface area contributed by atoms with Crippen molar-refractivity contribution in [3.63, 3.8) is 0 Å². The van der Waals surface area contributed by atoms with E-state index in [9.17, 15) is 14.0 Å². The molecule has 0 atom stereocenters. The van der Waals surface area contributed by atoms with Crippen molar-refractivity contribution in [2.75, 3.05) is 32.8 Å². The van der Waals surface area contributed by atoms with Crippen LogP contribution >= 0.6 is 0 Å². The molecule has 1 aliphatic rings. The molecule has 132 valence electrons. The van der Waals surface area contributed by atoms with Gasteiger partial charge in [-0.2, -0.15) is 0 Å². The highest BCUT2D eigenvalue weighted by molar-refractivity contribution is 5.98. The fraction of sp³-hybridized carbons (Fsp3) is 0.389. The van der Waals surface area contributed by atoms with Gasteiger partial charge in [-0.15, -0.1) is 0 Å². The maximum atomic E-state index is 13.3. The maximum Gasteiger partial charge on any atom is 0.409 e. The van der Waals surface area contributed by atoms with Gasteiger partial charge in [0.25, 0.3) is 5.91 Å². The van der Waals surface area contributed by atoms with E-state index in [-0.39, 0.29) is 17.8 Å². The van der Waals surface area contributed by atoms with E-state index in [4.69, 9.17) is 4.74 Å². The fourth-order valence-corrected chi connectivity index (χ4v) is 2.93. The number of hydrogen-bond donors (Lipinski definition) is 0. The average molecular weight is 345 g/mol. The number of aromatic nitrogens is 1. The number of aryl methyl sites for hydroxylation is 1. The zero-order valence-electron chi connectivity index (χ0n) is 14.3. The van der Waals surface area contributed by atoms with E-state index in [1.807, 2.05) is 0 Å². The molecule has 0 spiro atoms. The minimum atomic E-state index is -0.353. The molecule has 7 heteroatoms. The lowest BCUT2D eigenvalue weighted by molar-refractivity contribution is 0.0569. The van der Waals surface area contributed by atoms with Gasteiger partial charge in [0.15, 0.2) is 0 Å². The topological polar surface area (TPSA) is 62.7 Å². The molecule has 1 saturated heterocycles. The zero-order valence-corrected chi connectivity index (χ0v) is 14.3. The number of fused-ring (bicyclic) bond motifs is 1. The summed E-state index contributed by atoms with van der Waals surface area (Å²) in [5, 5.41) is 0.723. The number of carbonyl (C=O) groups is 2. The molecular formula is C18H20FN3O3. The Bertz CT molecular complexity index is 817. The molecule has 0 bridgehead atoms. The van der Waals surface area contributed by atoms with Crippen molar-refractivity contribution in [1.29, 1.82) is 0 Å². The first kappa shape index (κ1) is 17.1. The molecule has 1 aromatic heterocycles. The van der Waals surface area contributed by atoms with Gasteiger partial charge in [0.05, 0.1) is 23.4 Å². The third kappa shape index (κ3) is 3.55. The number of carbonyl (C=O) groups excluding carboxylic acids is 2. The summed E-state index contributed by atoms with van der Waals surface area (Å²) in [4.78, 5) is 32.2. The lowest BCUT2D eigenvalue weighted by atomic mass is 10.1. The molecule has 25 heavy (non-hydrogen) atoms. The van der Waals surface area contributed by atoms with Crippen LogP contribution in [0.4, 0.5) is 9.18 Å². The number of piperazine rings is 1. The van der Waals surface area contributed by atoms with Crippen molar-refractivity contribution < 1.29 is 18.7 Å². The molecule has 0 N–H and O–H groups in total. The fourth-order valence-electron chi connectivity index (χ4n) is 2.93. The summed E-state index contributed by atoms with van der Waals surface area (Å²) in [7, 11) is 0. The van der Waals surface area contributed by atoms with E-state index in [0.717, 1.165) is 5.39 Å². The number of rotatable bonds is 2. The molecule has 0 aliphatic carbocycles. The molecule has 2 heterocycles. The number of benzene rings is 1. The molecule has 3 rings (SSSR count). The van der Waals surface area contributed by atoms with Crippen LogP contribution in [-0.4, -0.2) is 59.6 Å². The van der Waals surface area contributed by atoms with Gasteiger partial charge >= 0.3 is 6.09 Å². The van der Waals surface area contributed by atoms with Crippen LogP contribution in [0.15, 0.2) is 24.3 Å². The van der Waals surface area contributed by atoms with E-state index < -0.39 is 0 Å². The van der Waals surface area contributed by atoms with Gasteiger partial charge < -0.3 is 14.5 Å². The first-order chi connectivity index (χ1) is 12.0. The van der Waals surface area contributed by atoms with Crippen LogP contribution < -0.4 is 0 Å². The van der Waals surface area contributed by atoms with Gasteiger partial charge in [-0.3, -0.25) is 9.78 Å². The van der Waals surface area contributed by atoms with Crippen molar-refractivity contribution in [2.45, 2.75) is 13.8 Å². The second-order valence-electron chi connectivity index (χ2n) is 5.94. The van der Waals surface area contributed by atoms with Gasteiger partial charge in [0.2, 0.25) is 0 Å². The molecule has 2 amide bonds. The highest BCUT2D eigenvalue weighted by atomic mass is 19.1. The second-order valence-corrected chi connectivity index (χ2v) is 5.94. The Balaban J connectivity index is 1.76. The van der Waals surface area contributed by atoms with Gasteiger partial charge in [0, 0.05) is 37.6 Å². The highest BCUT2D eigenvalue weighted by Crippen LogP contribution is 2.20. The molecule has 6 nitrogen and oxygen atoms in total. The van der Waals surface area contributed by atoms with Crippen molar-refractivity contribution >= 4 is 22.9 Å².